The van der Waals surface area contributed by atoms with Gasteiger partial charge in [-0.2, -0.15) is 5.10 Å². The number of carbonyl (C=O) groups is 2. The highest BCUT2D eigenvalue weighted by Crippen LogP contribution is 2.35. The number of nitrogens with one attached hydrogen (secondary N) is 1. The maximum atomic E-state index is 12.7. The molecule has 0 bridgehead atoms. The van der Waals surface area contributed by atoms with Crippen LogP contribution < -0.4 is 19.5 Å². The van der Waals surface area contributed by atoms with E-state index in [0.29, 0.717) is 39.8 Å². The Kier molecular flexibility index (Phi) is 7.39. The summed E-state index contributed by atoms with van der Waals surface area (Å²) in [6, 6.07) is 6.62. The number of hydrogen-bond donors (Lipinski definition) is 1. The van der Waals surface area contributed by atoms with Gasteiger partial charge in [0.15, 0.2) is 11.5 Å². The Hall–Kier alpha value is -4.21. The summed E-state index contributed by atoms with van der Waals surface area (Å²) in [5, 5.41) is 7.00. The minimum atomic E-state index is -0.553. The predicted molar refractivity (Wildman–Crippen MR) is 120 cm³/mol. The minimum Gasteiger partial charge on any atom is -0.496 e. The number of furan rings is 1. The van der Waals surface area contributed by atoms with E-state index in [1.165, 1.54) is 40.7 Å². The molecule has 0 radical (unpaired) electrons. The van der Waals surface area contributed by atoms with E-state index in [4.69, 9.17) is 18.6 Å². The fraction of sp³-hybridized carbons (Fsp3) is 0.261. The average molecular weight is 455 g/mol. The van der Waals surface area contributed by atoms with Gasteiger partial charge in [-0.15, -0.1) is 0 Å². The molecule has 0 unspecified atom stereocenters. The molecule has 0 saturated carbocycles. The van der Waals surface area contributed by atoms with E-state index in [2.05, 4.69) is 15.2 Å². The fourth-order valence-corrected chi connectivity index (χ4v) is 3.04. The SMILES string of the molecule is COC(=O)c1ccc(Cn2cc(NC(=O)/C(C)=C/c3cc(OC)c(OC)cc3OC)cn2)o1. The van der Waals surface area contributed by atoms with Gasteiger partial charge in [0.2, 0.25) is 5.76 Å². The molecule has 1 N–H and O–H groups in total. The molecular weight excluding hydrogens is 430 g/mol. The van der Waals surface area contributed by atoms with Crippen LogP contribution in [0.1, 0.15) is 28.8 Å². The number of hydrogen-bond acceptors (Lipinski definition) is 8. The number of esters is 1. The van der Waals surface area contributed by atoms with Gasteiger partial charge in [-0.1, -0.05) is 0 Å². The summed E-state index contributed by atoms with van der Waals surface area (Å²) in [7, 11) is 5.89. The molecule has 10 nitrogen and oxygen atoms in total. The first-order valence-corrected chi connectivity index (χ1v) is 9.87. The van der Waals surface area contributed by atoms with Crippen LogP contribution in [-0.2, 0) is 16.1 Å². The molecule has 0 saturated heterocycles. The van der Waals surface area contributed by atoms with Crippen molar-refractivity contribution in [3.63, 3.8) is 0 Å². The van der Waals surface area contributed by atoms with Gasteiger partial charge in [0.1, 0.15) is 11.5 Å². The van der Waals surface area contributed by atoms with E-state index >= 15 is 0 Å². The van der Waals surface area contributed by atoms with Crippen LogP contribution in [0.4, 0.5) is 5.69 Å². The molecule has 2 aromatic heterocycles. The number of rotatable bonds is 9. The van der Waals surface area contributed by atoms with Crippen molar-refractivity contribution in [3.05, 3.63) is 59.3 Å². The predicted octanol–water partition coefficient (Wildman–Crippen LogP) is 3.38. The monoisotopic (exact) mass is 455 g/mol. The van der Waals surface area contributed by atoms with Gasteiger partial charge >= 0.3 is 5.97 Å². The largest absolute Gasteiger partial charge is 0.496 e. The molecular formula is C23H25N3O7. The summed E-state index contributed by atoms with van der Waals surface area (Å²) in [6.07, 6.45) is 4.87. The topological polar surface area (TPSA) is 114 Å². The van der Waals surface area contributed by atoms with E-state index in [0.717, 1.165) is 0 Å². The molecule has 10 heteroatoms. The van der Waals surface area contributed by atoms with E-state index in [-0.39, 0.29) is 18.2 Å². The zero-order valence-corrected chi connectivity index (χ0v) is 19.0. The summed E-state index contributed by atoms with van der Waals surface area (Å²) in [6.45, 7) is 1.97. The number of ether oxygens (including phenoxy) is 4. The number of nitrogens with zero attached hydrogens (tertiary/aromatic N) is 2. The normalized spacial score (nSPS) is 11.1. The molecule has 33 heavy (non-hydrogen) atoms. The van der Waals surface area contributed by atoms with Crippen LogP contribution in [0.3, 0.4) is 0 Å². The van der Waals surface area contributed by atoms with Gasteiger partial charge < -0.3 is 28.7 Å². The lowest BCUT2D eigenvalue weighted by Crippen LogP contribution is -2.12. The molecule has 2 heterocycles. The Morgan fingerprint density at radius 3 is 2.42 bits per heavy atom. The highest BCUT2D eigenvalue weighted by molar-refractivity contribution is 6.06. The van der Waals surface area contributed by atoms with Crippen molar-refractivity contribution in [2.75, 3.05) is 33.8 Å². The molecule has 0 spiro atoms. The second-order valence-electron chi connectivity index (χ2n) is 6.91. The maximum absolute atomic E-state index is 12.7. The van der Waals surface area contributed by atoms with Crippen LogP contribution in [0.5, 0.6) is 17.2 Å². The average Bonchev–Trinajstić information content (AvgIpc) is 3.47. The third-order valence-electron chi connectivity index (χ3n) is 4.72. The lowest BCUT2D eigenvalue weighted by molar-refractivity contribution is -0.112. The first kappa shape index (κ1) is 23.5. The number of methoxy groups -OCH3 is 4. The van der Waals surface area contributed by atoms with Crippen LogP contribution in [0.25, 0.3) is 6.08 Å². The van der Waals surface area contributed by atoms with E-state index in [1.807, 2.05) is 0 Å². The first-order chi connectivity index (χ1) is 15.9. The summed E-state index contributed by atoms with van der Waals surface area (Å²) >= 11 is 0. The zero-order chi connectivity index (χ0) is 24.0. The van der Waals surface area contributed by atoms with Crippen molar-refractivity contribution < 1.29 is 33.0 Å². The van der Waals surface area contributed by atoms with Crippen LogP contribution in [0.2, 0.25) is 0 Å². The quantitative estimate of drug-likeness (QED) is 0.386. The molecule has 3 aromatic rings. The van der Waals surface area contributed by atoms with Crippen molar-refractivity contribution in [2.45, 2.75) is 13.5 Å². The Morgan fingerprint density at radius 1 is 1.06 bits per heavy atom. The van der Waals surface area contributed by atoms with Gasteiger partial charge in [0.05, 0.1) is 46.9 Å². The third-order valence-corrected chi connectivity index (χ3v) is 4.72. The van der Waals surface area contributed by atoms with Crippen molar-refractivity contribution in [1.29, 1.82) is 0 Å². The Balaban J connectivity index is 1.70. The Morgan fingerprint density at radius 2 is 1.76 bits per heavy atom. The van der Waals surface area contributed by atoms with Gasteiger partial charge in [-0.25, -0.2) is 4.79 Å². The molecule has 0 aliphatic rings. The number of amides is 1. The van der Waals surface area contributed by atoms with Crippen LogP contribution in [-0.4, -0.2) is 50.1 Å². The number of aromatic nitrogens is 2. The summed E-state index contributed by atoms with van der Waals surface area (Å²) in [5.74, 6) is 1.36. The summed E-state index contributed by atoms with van der Waals surface area (Å²) < 4.78 is 27.7. The van der Waals surface area contributed by atoms with Crippen LogP contribution >= 0.6 is 0 Å². The number of benzene rings is 1. The molecule has 174 valence electrons. The second-order valence-corrected chi connectivity index (χ2v) is 6.91. The highest BCUT2D eigenvalue weighted by atomic mass is 16.5. The van der Waals surface area contributed by atoms with Crippen molar-refractivity contribution in [3.8, 4) is 17.2 Å². The first-order valence-electron chi connectivity index (χ1n) is 9.87. The Labute approximate surface area is 190 Å². The van der Waals surface area contributed by atoms with Crippen LogP contribution in [0, 0.1) is 0 Å². The van der Waals surface area contributed by atoms with Crippen molar-refractivity contribution in [1.82, 2.24) is 9.78 Å². The van der Waals surface area contributed by atoms with Gasteiger partial charge in [0.25, 0.3) is 5.91 Å². The van der Waals surface area contributed by atoms with E-state index in [1.54, 1.807) is 42.1 Å². The molecule has 0 fully saturated rings. The lowest BCUT2D eigenvalue weighted by Gasteiger charge is -2.12. The molecule has 0 atom stereocenters. The van der Waals surface area contributed by atoms with Gasteiger partial charge in [0, 0.05) is 23.4 Å². The molecule has 1 amide bonds. The minimum absolute atomic E-state index is 0.111. The standard InChI is InChI=1S/C23H25N3O7/c1-14(8-15-9-20(30-3)21(31-4)10-19(15)29-2)22(27)25-16-11-24-26(12-16)13-17-6-7-18(33-17)23(28)32-5/h6-12H,13H2,1-5H3,(H,25,27)/b14-8+. The third kappa shape index (κ3) is 5.53. The fourth-order valence-electron chi connectivity index (χ4n) is 3.04. The molecule has 0 aliphatic heterocycles. The maximum Gasteiger partial charge on any atom is 0.373 e. The van der Waals surface area contributed by atoms with E-state index in [9.17, 15) is 9.59 Å². The summed E-state index contributed by atoms with van der Waals surface area (Å²) in [5.41, 5.74) is 1.62. The summed E-state index contributed by atoms with van der Waals surface area (Å²) in [4.78, 5) is 24.2. The Bertz CT molecular complexity index is 1180. The van der Waals surface area contributed by atoms with Gasteiger partial charge in [-0.3, -0.25) is 9.48 Å². The molecule has 0 aliphatic carbocycles. The highest BCUT2D eigenvalue weighted by Gasteiger charge is 2.14. The van der Waals surface area contributed by atoms with Crippen LogP contribution in [0.15, 0.2) is 46.6 Å². The van der Waals surface area contributed by atoms with Crippen molar-refractivity contribution >= 4 is 23.6 Å². The van der Waals surface area contributed by atoms with Gasteiger partial charge in [-0.05, 0) is 31.2 Å². The molecule has 3 rings (SSSR count). The second kappa shape index (κ2) is 10.4. The molecule has 1 aromatic carbocycles. The number of carbonyl (C=O) groups excluding carboxylic acids is 2. The lowest BCUT2D eigenvalue weighted by atomic mass is 10.1. The van der Waals surface area contributed by atoms with Crippen molar-refractivity contribution in [2.24, 2.45) is 0 Å². The smallest absolute Gasteiger partial charge is 0.373 e. The number of anilines is 1. The zero-order valence-electron chi connectivity index (χ0n) is 19.0. The van der Waals surface area contributed by atoms with E-state index < -0.39 is 5.97 Å².